The van der Waals surface area contributed by atoms with Crippen LogP contribution in [0.3, 0.4) is 0 Å². The Bertz CT molecular complexity index is 768. The molecule has 5 heteroatoms. The van der Waals surface area contributed by atoms with E-state index in [1.54, 1.807) is 0 Å². The number of nitrogens with one attached hydrogen (secondary N) is 1. The van der Waals surface area contributed by atoms with E-state index < -0.39 is 0 Å². The topological polar surface area (TPSA) is 50.2 Å². The maximum Gasteiger partial charge on any atom is 0.227 e. The third-order valence-electron chi connectivity index (χ3n) is 5.65. The van der Waals surface area contributed by atoms with Gasteiger partial charge in [0.05, 0.1) is 17.8 Å². The molecule has 2 aliphatic rings. The number of hydrogen-bond donors (Lipinski definition) is 1. The Hall–Kier alpha value is -2.14. The van der Waals surface area contributed by atoms with Gasteiger partial charge in [-0.2, -0.15) is 5.10 Å². The average molecular weight is 338 g/mol. The summed E-state index contributed by atoms with van der Waals surface area (Å²) in [6.07, 6.45) is 3.97. The maximum atomic E-state index is 12.9. The fourth-order valence-corrected chi connectivity index (χ4v) is 4.18. The Morgan fingerprint density at radius 1 is 1.16 bits per heavy atom. The van der Waals surface area contributed by atoms with Crippen LogP contribution in [0.25, 0.3) is 5.69 Å². The van der Waals surface area contributed by atoms with Crippen LogP contribution < -0.4 is 5.32 Å². The molecule has 0 radical (unpaired) electrons. The van der Waals surface area contributed by atoms with E-state index in [4.69, 9.17) is 0 Å². The van der Waals surface area contributed by atoms with Crippen LogP contribution in [0.5, 0.6) is 0 Å². The Morgan fingerprint density at radius 2 is 1.92 bits per heavy atom. The second-order valence-corrected chi connectivity index (χ2v) is 7.34. The minimum absolute atomic E-state index is 0.230. The molecule has 1 aromatic heterocycles. The number of rotatable bonds is 3. The van der Waals surface area contributed by atoms with Gasteiger partial charge in [-0.3, -0.25) is 4.79 Å². The van der Waals surface area contributed by atoms with Crippen molar-refractivity contribution in [3.63, 3.8) is 0 Å². The summed E-state index contributed by atoms with van der Waals surface area (Å²) in [5, 5.41) is 8.31. The van der Waals surface area contributed by atoms with E-state index in [0.717, 1.165) is 42.1 Å². The number of aryl methyl sites for hydroxylation is 1. The summed E-state index contributed by atoms with van der Waals surface area (Å²) in [5.74, 6) is 0.230. The number of hydrogen-bond acceptors (Lipinski definition) is 3. The van der Waals surface area contributed by atoms with Gasteiger partial charge in [-0.25, -0.2) is 4.68 Å². The number of carbonyl (C=O) groups excluding carboxylic acids is 1. The summed E-state index contributed by atoms with van der Waals surface area (Å²) in [4.78, 5) is 15.0. The van der Waals surface area contributed by atoms with Gasteiger partial charge >= 0.3 is 0 Å². The lowest BCUT2D eigenvalue weighted by Crippen LogP contribution is -2.39. The van der Waals surface area contributed by atoms with Crippen LogP contribution in [0.1, 0.15) is 36.2 Å². The number of likely N-dealkylation sites (tertiary alicyclic amines) is 1. The highest BCUT2D eigenvalue weighted by Crippen LogP contribution is 2.23. The highest BCUT2D eigenvalue weighted by molar-refractivity contribution is 5.79. The molecule has 2 fully saturated rings. The van der Waals surface area contributed by atoms with E-state index in [0.29, 0.717) is 18.5 Å². The molecular weight excluding hydrogens is 312 g/mol. The molecule has 1 amide bonds. The second kappa shape index (κ2) is 6.64. The zero-order valence-corrected chi connectivity index (χ0v) is 15.0. The van der Waals surface area contributed by atoms with Crippen molar-refractivity contribution in [3.05, 3.63) is 47.3 Å². The van der Waals surface area contributed by atoms with Crippen LogP contribution >= 0.6 is 0 Å². The van der Waals surface area contributed by atoms with Gasteiger partial charge in [-0.1, -0.05) is 18.2 Å². The maximum absolute atomic E-state index is 12.9. The number of benzene rings is 1. The minimum atomic E-state index is 0.230. The molecule has 2 unspecified atom stereocenters. The lowest BCUT2D eigenvalue weighted by Gasteiger charge is -2.24. The van der Waals surface area contributed by atoms with Crippen molar-refractivity contribution in [3.8, 4) is 5.69 Å². The Labute approximate surface area is 149 Å². The quantitative estimate of drug-likeness (QED) is 0.935. The van der Waals surface area contributed by atoms with Gasteiger partial charge < -0.3 is 10.2 Å². The molecule has 3 heterocycles. The predicted molar refractivity (Wildman–Crippen MR) is 97.9 cm³/mol. The van der Waals surface area contributed by atoms with Gasteiger partial charge in [0.25, 0.3) is 0 Å². The van der Waals surface area contributed by atoms with Gasteiger partial charge in [-0.05, 0) is 45.2 Å². The zero-order chi connectivity index (χ0) is 17.4. The van der Waals surface area contributed by atoms with E-state index in [1.807, 2.05) is 41.9 Å². The number of fused-ring (bicyclic) bond motifs is 2. The fraction of sp³-hybridized carbons (Fsp3) is 0.500. The number of para-hydroxylation sites is 1. The molecule has 5 nitrogen and oxygen atoms in total. The standard InChI is InChI=1S/C20H26N4O/c1-14-19(15(2)24(22-14)18-6-4-3-5-7-18)12-20(25)23-11-10-16-8-9-17(13-23)21-16/h3-7,16-17,21H,8-13H2,1-2H3. The first-order chi connectivity index (χ1) is 12.1. The first kappa shape index (κ1) is 16.3. The first-order valence-electron chi connectivity index (χ1n) is 9.26. The van der Waals surface area contributed by atoms with Gasteiger partial charge in [0, 0.05) is 36.4 Å². The third-order valence-corrected chi connectivity index (χ3v) is 5.65. The van der Waals surface area contributed by atoms with E-state index in [1.165, 1.54) is 12.8 Å². The zero-order valence-electron chi connectivity index (χ0n) is 15.0. The van der Waals surface area contributed by atoms with E-state index in [-0.39, 0.29) is 5.91 Å². The van der Waals surface area contributed by atoms with Crippen molar-refractivity contribution in [2.75, 3.05) is 13.1 Å². The molecule has 1 aromatic carbocycles. The van der Waals surface area contributed by atoms with Crippen LogP contribution in [0.15, 0.2) is 30.3 Å². The molecule has 2 aliphatic heterocycles. The van der Waals surface area contributed by atoms with Crippen LogP contribution in [-0.2, 0) is 11.2 Å². The van der Waals surface area contributed by atoms with Gasteiger partial charge in [-0.15, -0.1) is 0 Å². The van der Waals surface area contributed by atoms with Gasteiger partial charge in [0.2, 0.25) is 5.91 Å². The first-order valence-corrected chi connectivity index (χ1v) is 9.26. The molecule has 132 valence electrons. The van der Waals surface area contributed by atoms with Crippen molar-refractivity contribution in [2.45, 2.75) is 51.6 Å². The highest BCUT2D eigenvalue weighted by Gasteiger charge is 2.31. The van der Waals surface area contributed by atoms with Gasteiger partial charge in [0.15, 0.2) is 0 Å². The van der Waals surface area contributed by atoms with Crippen molar-refractivity contribution in [1.82, 2.24) is 20.0 Å². The largest absolute Gasteiger partial charge is 0.341 e. The molecule has 2 atom stereocenters. The number of carbonyl (C=O) groups is 1. The van der Waals surface area contributed by atoms with Crippen LogP contribution in [0, 0.1) is 13.8 Å². The minimum Gasteiger partial charge on any atom is -0.341 e. The highest BCUT2D eigenvalue weighted by atomic mass is 16.2. The molecule has 0 saturated carbocycles. The third kappa shape index (κ3) is 3.21. The van der Waals surface area contributed by atoms with Gasteiger partial charge in [0.1, 0.15) is 0 Å². The van der Waals surface area contributed by atoms with E-state index >= 15 is 0 Å². The van der Waals surface area contributed by atoms with Crippen LogP contribution in [0.4, 0.5) is 0 Å². The van der Waals surface area contributed by atoms with E-state index in [9.17, 15) is 4.79 Å². The molecular formula is C20H26N4O. The van der Waals surface area contributed by atoms with Crippen molar-refractivity contribution >= 4 is 5.91 Å². The van der Waals surface area contributed by atoms with Crippen LogP contribution in [-0.4, -0.2) is 45.8 Å². The summed E-state index contributed by atoms with van der Waals surface area (Å²) in [7, 11) is 0. The molecule has 2 aromatic rings. The smallest absolute Gasteiger partial charge is 0.227 e. The van der Waals surface area contributed by atoms with Crippen molar-refractivity contribution < 1.29 is 4.79 Å². The number of aromatic nitrogens is 2. The Balaban J connectivity index is 1.52. The van der Waals surface area contributed by atoms with E-state index in [2.05, 4.69) is 22.2 Å². The molecule has 4 rings (SSSR count). The molecule has 0 spiro atoms. The predicted octanol–water partition coefficient (Wildman–Crippen LogP) is 2.38. The summed E-state index contributed by atoms with van der Waals surface area (Å²) >= 11 is 0. The summed E-state index contributed by atoms with van der Waals surface area (Å²) in [6, 6.07) is 11.2. The van der Waals surface area contributed by atoms with Crippen molar-refractivity contribution in [2.24, 2.45) is 0 Å². The van der Waals surface area contributed by atoms with Crippen molar-refractivity contribution in [1.29, 1.82) is 0 Å². The number of amides is 1. The Kier molecular flexibility index (Phi) is 4.34. The molecule has 2 saturated heterocycles. The Morgan fingerprint density at radius 3 is 2.72 bits per heavy atom. The average Bonchev–Trinajstić information content (AvgIpc) is 3.09. The lowest BCUT2D eigenvalue weighted by molar-refractivity contribution is -0.130. The molecule has 0 aliphatic carbocycles. The fourth-order valence-electron chi connectivity index (χ4n) is 4.18. The molecule has 1 N–H and O–H groups in total. The monoisotopic (exact) mass is 338 g/mol. The summed E-state index contributed by atoms with van der Waals surface area (Å²) in [5.41, 5.74) is 4.12. The summed E-state index contributed by atoms with van der Waals surface area (Å²) in [6.45, 7) is 5.78. The molecule has 2 bridgehead atoms. The summed E-state index contributed by atoms with van der Waals surface area (Å²) < 4.78 is 1.95. The number of nitrogens with zero attached hydrogens (tertiary/aromatic N) is 3. The molecule has 25 heavy (non-hydrogen) atoms. The second-order valence-electron chi connectivity index (χ2n) is 7.34. The lowest BCUT2D eigenvalue weighted by atomic mass is 10.1. The SMILES string of the molecule is Cc1nn(-c2ccccc2)c(C)c1CC(=O)N1CCC2CCC(C1)N2. The van der Waals surface area contributed by atoms with Crippen LogP contribution in [0.2, 0.25) is 0 Å². The normalized spacial score (nSPS) is 22.9.